The minimum Gasteiger partial charge on any atom is -0.789 e. The monoisotopic (exact) mass is 110 g/mol. The van der Waals surface area contributed by atoms with E-state index in [1.165, 1.54) is 0 Å². The summed E-state index contributed by atoms with van der Waals surface area (Å²) in [5.41, 5.74) is 0. The van der Waals surface area contributed by atoms with Crippen molar-refractivity contribution in [3.8, 4) is 0 Å². The zero-order chi connectivity index (χ0) is 5.15. The van der Waals surface area contributed by atoms with Gasteiger partial charge in [0, 0.05) is 0 Å². The third-order valence-electron chi connectivity index (χ3n) is 0.939. The fourth-order valence-corrected chi connectivity index (χ4v) is 0. The third kappa shape index (κ3) is 6.95. The summed E-state index contributed by atoms with van der Waals surface area (Å²) in [6.07, 6.45) is 0. The molecule has 0 radical (unpaired) electrons. The molecule has 0 heterocycles. The Kier molecular flexibility index (Phi) is 7.89. The first kappa shape index (κ1) is 10.8. The van der Waals surface area contributed by atoms with E-state index in [1.54, 1.807) is 0 Å². The summed E-state index contributed by atoms with van der Waals surface area (Å²) in [5.74, 6) is 0.667. The maximum Gasteiger partial charge on any atom is 1.00 e. The van der Waals surface area contributed by atoms with Crippen LogP contribution in [0.2, 0.25) is 0 Å². The number of hydrogen-bond acceptors (Lipinski definition) is 1. The van der Waals surface area contributed by atoms with Gasteiger partial charge < -0.3 is 12.6 Å². The molecule has 0 aromatic heterocycles. The summed E-state index contributed by atoms with van der Waals surface area (Å²) < 4.78 is 0. The van der Waals surface area contributed by atoms with E-state index in [2.05, 4.69) is 20.8 Å². The molecule has 0 fully saturated rings. The van der Waals surface area contributed by atoms with Crippen molar-refractivity contribution in [3.05, 3.63) is 0 Å². The molecule has 0 aliphatic rings. The van der Waals surface area contributed by atoms with E-state index in [1.807, 2.05) is 0 Å². The van der Waals surface area contributed by atoms with Crippen LogP contribution in [0.15, 0.2) is 0 Å². The predicted octanol–water partition coefficient (Wildman–Crippen LogP) is -1.42. The van der Waals surface area contributed by atoms with Gasteiger partial charge in [-0.15, -0.1) is 0 Å². The average molecular weight is 110 g/mol. The second kappa shape index (κ2) is 5.09. The van der Waals surface area contributed by atoms with Crippen LogP contribution in [-0.4, -0.2) is 5.25 Å². The zero-order valence-electron chi connectivity index (χ0n) is 5.56. The van der Waals surface area contributed by atoms with Crippen LogP contribution in [0.5, 0.6) is 0 Å². The molecule has 0 amide bonds. The van der Waals surface area contributed by atoms with Crippen LogP contribution >= 0.6 is 0 Å². The Morgan fingerprint density at radius 1 is 1.14 bits per heavy atom. The Hall–Kier alpha value is 0.947. The van der Waals surface area contributed by atoms with Gasteiger partial charge in [0.25, 0.3) is 0 Å². The van der Waals surface area contributed by atoms with E-state index >= 15 is 0 Å². The van der Waals surface area contributed by atoms with Crippen molar-refractivity contribution in [1.82, 2.24) is 0 Å². The topological polar surface area (TPSA) is 0 Å². The SMILES string of the molecule is CC(C)C(C)[S-].[Li+]. The van der Waals surface area contributed by atoms with Crippen LogP contribution in [0.4, 0.5) is 0 Å². The second-order valence-electron chi connectivity index (χ2n) is 1.95. The molecule has 2 heteroatoms. The Morgan fingerprint density at radius 2 is 1.29 bits per heavy atom. The van der Waals surface area contributed by atoms with Gasteiger partial charge in [0.15, 0.2) is 0 Å². The van der Waals surface area contributed by atoms with Crippen molar-refractivity contribution in [2.45, 2.75) is 26.0 Å². The average Bonchev–Trinajstić information content (AvgIpc) is 1.36. The minimum atomic E-state index is 0. The summed E-state index contributed by atoms with van der Waals surface area (Å²) in [6.45, 7) is 6.33. The first-order valence-electron chi connectivity index (χ1n) is 2.30. The van der Waals surface area contributed by atoms with E-state index in [0.29, 0.717) is 11.2 Å². The zero-order valence-corrected chi connectivity index (χ0v) is 6.38. The molecular weight excluding hydrogens is 99.1 g/mol. The number of rotatable bonds is 1. The van der Waals surface area contributed by atoms with Crippen molar-refractivity contribution in [2.24, 2.45) is 5.92 Å². The molecule has 0 aliphatic carbocycles. The fraction of sp³-hybridized carbons (Fsp3) is 1.00. The molecule has 1 atom stereocenters. The molecule has 0 saturated heterocycles. The summed E-state index contributed by atoms with van der Waals surface area (Å²) in [6, 6.07) is 0. The summed E-state index contributed by atoms with van der Waals surface area (Å²) in [4.78, 5) is 0. The molecule has 0 N–H and O–H groups in total. The first-order chi connectivity index (χ1) is 2.64. The maximum atomic E-state index is 4.90. The Bertz CT molecular complexity index is 29.1. The predicted molar refractivity (Wildman–Crippen MR) is 31.7 cm³/mol. The molecule has 0 saturated carbocycles. The van der Waals surface area contributed by atoms with Crippen molar-refractivity contribution in [2.75, 3.05) is 0 Å². The van der Waals surface area contributed by atoms with Gasteiger partial charge in [-0.25, -0.2) is 0 Å². The molecule has 0 bridgehead atoms. The maximum absolute atomic E-state index is 4.90. The van der Waals surface area contributed by atoms with Gasteiger partial charge in [0.2, 0.25) is 0 Å². The molecule has 7 heavy (non-hydrogen) atoms. The van der Waals surface area contributed by atoms with Gasteiger partial charge in [0.1, 0.15) is 0 Å². The largest absolute Gasteiger partial charge is 1.00 e. The van der Waals surface area contributed by atoms with E-state index in [0.717, 1.165) is 0 Å². The molecule has 0 aliphatic heterocycles. The van der Waals surface area contributed by atoms with Crippen LogP contribution in [0.3, 0.4) is 0 Å². The summed E-state index contributed by atoms with van der Waals surface area (Å²) in [7, 11) is 0. The van der Waals surface area contributed by atoms with E-state index in [4.69, 9.17) is 12.6 Å². The molecular formula is C5H11LiS. The van der Waals surface area contributed by atoms with Crippen molar-refractivity contribution >= 4 is 12.6 Å². The van der Waals surface area contributed by atoms with E-state index in [-0.39, 0.29) is 18.9 Å². The van der Waals surface area contributed by atoms with Crippen LogP contribution in [0, 0.1) is 5.92 Å². The van der Waals surface area contributed by atoms with Gasteiger partial charge in [-0.05, 0) is 0 Å². The molecule has 0 rings (SSSR count). The standard InChI is InChI=1S/C5H12S.Li/c1-4(2)5(3)6;/h4-6H,1-3H3;/q;+1/p-1. The van der Waals surface area contributed by atoms with Crippen molar-refractivity contribution in [3.63, 3.8) is 0 Å². The summed E-state index contributed by atoms with van der Waals surface area (Å²) >= 11 is 4.90. The Morgan fingerprint density at radius 3 is 1.29 bits per heavy atom. The Balaban J connectivity index is 0. The summed E-state index contributed by atoms with van der Waals surface area (Å²) in [5, 5.41) is 0.435. The fourth-order valence-electron chi connectivity index (χ4n) is 0. The van der Waals surface area contributed by atoms with E-state index in [9.17, 15) is 0 Å². The Labute approximate surface area is 63.7 Å². The minimum absolute atomic E-state index is 0. The first-order valence-corrected chi connectivity index (χ1v) is 2.77. The van der Waals surface area contributed by atoms with Crippen LogP contribution in [0.25, 0.3) is 0 Å². The van der Waals surface area contributed by atoms with Crippen LogP contribution < -0.4 is 18.9 Å². The van der Waals surface area contributed by atoms with E-state index < -0.39 is 0 Å². The van der Waals surface area contributed by atoms with Gasteiger partial charge in [-0.3, -0.25) is 0 Å². The molecule has 0 spiro atoms. The van der Waals surface area contributed by atoms with Crippen LogP contribution in [0.1, 0.15) is 20.8 Å². The van der Waals surface area contributed by atoms with Crippen LogP contribution in [-0.2, 0) is 12.6 Å². The van der Waals surface area contributed by atoms with Gasteiger partial charge in [-0.2, -0.15) is 5.25 Å². The molecule has 0 nitrogen and oxygen atoms in total. The molecule has 0 aromatic carbocycles. The third-order valence-corrected chi connectivity index (χ3v) is 1.48. The van der Waals surface area contributed by atoms with Gasteiger partial charge in [0.05, 0.1) is 0 Å². The second-order valence-corrected chi connectivity index (χ2v) is 2.69. The molecule has 1 unspecified atom stereocenters. The van der Waals surface area contributed by atoms with Crippen molar-refractivity contribution in [1.29, 1.82) is 0 Å². The molecule has 0 aromatic rings. The van der Waals surface area contributed by atoms with Gasteiger partial charge >= 0.3 is 18.9 Å². The smallest absolute Gasteiger partial charge is 0.789 e. The van der Waals surface area contributed by atoms with Gasteiger partial charge in [-0.1, -0.05) is 26.7 Å². The quantitative estimate of drug-likeness (QED) is 0.295. The normalized spacial score (nSPS) is 13.3. The van der Waals surface area contributed by atoms with Crippen molar-refractivity contribution < 1.29 is 18.9 Å². The number of hydrogen-bond donors (Lipinski definition) is 0. The molecule has 38 valence electrons.